The van der Waals surface area contributed by atoms with E-state index in [-0.39, 0.29) is 30.0 Å². The number of piperazine rings is 2. The van der Waals surface area contributed by atoms with Crippen LogP contribution in [0.2, 0.25) is 5.02 Å². The number of rotatable bonds is 9. The standard InChI is InChI=1S/C35H37ClN8O4/c1-23-22-42(15-16-43(23)26-6-5-24(20-37)30(36)19-26)27-8-10-32(39-21-27)41-13-11-40(12-14-41)25-7-9-28-29(18-25)35(48)44(34(28)47)31(4-3-17-45)33(46)38-2/h5-10,17-19,21,23,31H,3-4,11-16,22H2,1-2H3,(H,38,46). The summed E-state index contributed by atoms with van der Waals surface area (Å²) in [6.45, 7) is 7.53. The second kappa shape index (κ2) is 13.9. The molecule has 2 fully saturated rings. The Kier molecular flexibility index (Phi) is 9.50. The first kappa shape index (κ1) is 32.8. The van der Waals surface area contributed by atoms with Gasteiger partial charge >= 0.3 is 0 Å². The zero-order chi connectivity index (χ0) is 33.9. The predicted octanol–water partition coefficient (Wildman–Crippen LogP) is 3.34. The molecule has 48 heavy (non-hydrogen) atoms. The van der Waals surface area contributed by atoms with Gasteiger partial charge in [0.25, 0.3) is 11.8 Å². The van der Waals surface area contributed by atoms with Crippen LogP contribution in [0.4, 0.5) is 22.9 Å². The van der Waals surface area contributed by atoms with Crippen LogP contribution < -0.4 is 24.9 Å². The highest BCUT2D eigenvalue weighted by Crippen LogP contribution is 2.32. The van der Waals surface area contributed by atoms with Crippen LogP contribution in [-0.4, -0.2) is 98.8 Å². The van der Waals surface area contributed by atoms with Crippen molar-refractivity contribution in [1.29, 1.82) is 5.26 Å². The molecule has 3 aromatic rings. The summed E-state index contributed by atoms with van der Waals surface area (Å²) in [5, 5.41) is 12.2. The zero-order valence-electron chi connectivity index (χ0n) is 26.9. The van der Waals surface area contributed by atoms with Crippen molar-refractivity contribution in [2.75, 3.05) is 72.5 Å². The van der Waals surface area contributed by atoms with Crippen molar-refractivity contribution in [3.8, 4) is 6.07 Å². The fourth-order valence-corrected chi connectivity index (χ4v) is 7.01. The first-order valence-electron chi connectivity index (χ1n) is 16.1. The molecular formula is C35H37ClN8O4. The molecular weight excluding hydrogens is 632 g/mol. The van der Waals surface area contributed by atoms with Gasteiger partial charge in [0.15, 0.2) is 0 Å². The van der Waals surface area contributed by atoms with Gasteiger partial charge in [0.05, 0.1) is 33.6 Å². The third-order valence-corrected chi connectivity index (χ3v) is 9.73. The fraction of sp³-hybridized carbons (Fsp3) is 0.371. The topological polar surface area (TPSA) is 133 Å². The van der Waals surface area contributed by atoms with E-state index in [4.69, 9.17) is 16.6 Å². The highest BCUT2D eigenvalue weighted by atomic mass is 35.5. The number of anilines is 4. The number of aromatic nitrogens is 1. The van der Waals surface area contributed by atoms with Gasteiger partial charge in [-0.3, -0.25) is 19.3 Å². The van der Waals surface area contributed by atoms with Gasteiger partial charge in [-0.1, -0.05) is 11.6 Å². The van der Waals surface area contributed by atoms with Crippen LogP contribution in [-0.2, 0) is 9.59 Å². The summed E-state index contributed by atoms with van der Waals surface area (Å²) in [6.07, 6.45) is 2.74. The lowest BCUT2D eigenvalue weighted by Crippen LogP contribution is -2.52. The summed E-state index contributed by atoms with van der Waals surface area (Å²) < 4.78 is 0. The Bertz CT molecular complexity index is 1770. The number of nitriles is 1. The Balaban J connectivity index is 1.06. The first-order chi connectivity index (χ1) is 23.2. The van der Waals surface area contributed by atoms with Gasteiger partial charge < -0.3 is 29.7 Å². The number of likely N-dealkylation sites (N-methyl/N-ethyl adjacent to an activating group) is 1. The van der Waals surface area contributed by atoms with Crippen LogP contribution in [0, 0.1) is 11.3 Å². The van der Waals surface area contributed by atoms with Crippen LogP contribution in [0.1, 0.15) is 46.0 Å². The van der Waals surface area contributed by atoms with Crippen LogP contribution in [0.3, 0.4) is 0 Å². The van der Waals surface area contributed by atoms with Crippen LogP contribution >= 0.6 is 11.6 Å². The number of hydrogen-bond donors (Lipinski definition) is 1. The molecule has 1 aromatic heterocycles. The third-order valence-electron chi connectivity index (χ3n) is 9.42. The van der Waals surface area contributed by atoms with E-state index in [0.717, 1.165) is 60.5 Å². The first-order valence-corrected chi connectivity index (χ1v) is 16.5. The highest BCUT2D eigenvalue weighted by molar-refractivity contribution is 6.32. The van der Waals surface area contributed by atoms with Crippen molar-refractivity contribution in [2.45, 2.75) is 31.8 Å². The van der Waals surface area contributed by atoms with Gasteiger partial charge in [0.1, 0.15) is 24.2 Å². The molecule has 0 saturated carbocycles. The van der Waals surface area contributed by atoms with E-state index in [1.807, 2.05) is 24.4 Å². The Morgan fingerprint density at radius 3 is 2.29 bits per heavy atom. The van der Waals surface area contributed by atoms with E-state index in [9.17, 15) is 24.4 Å². The monoisotopic (exact) mass is 668 g/mol. The summed E-state index contributed by atoms with van der Waals surface area (Å²) in [5.41, 5.74) is 3.93. The molecule has 0 spiro atoms. The van der Waals surface area contributed by atoms with Gasteiger partial charge in [-0.05, 0) is 61.9 Å². The fourth-order valence-electron chi connectivity index (χ4n) is 6.79. The predicted molar refractivity (Wildman–Crippen MR) is 184 cm³/mol. The lowest BCUT2D eigenvalue weighted by Gasteiger charge is -2.42. The number of aldehydes is 1. The van der Waals surface area contributed by atoms with E-state index >= 15 is 0 Å². The van der Waals surface area contributed by atoms with Crippen molar-refractivity contribution >= 4 is 58.5 Å². The molecule has 0 aliphatic carbocycles. The number of imide groups is 1. The molecule has 2 aromatic carbocycles. The van der Waals surface area contributed by atoms with Gasteiger partial charge in [0, 0.05) is 76.7 Å². The van der Waals surface area contributed by atoms with Crippen molar-refractivity contribution in [2.24, 2.45) is 0 Å². The summed E-state index contributed by atoms with van der Waals surface area (Å²) in [6, 6.07) is 16.3. The average molecular weight is 669 g/mol. The number of nitrogens with zero attached hydrogens (tertiary/aromatic N) is 7. The van der Waals surface area contributed by atoms with Crippen LogP contribution in [0.5, 0.6) is 0 Å². The van der Waals surface area contributed by atoms with E-state index in [2.05, 4.69) is 50.0 Å². The van der Waals surface area contributed by atoms with Crippen molar-refractivity contribution in [3.63, 3.8) is 0 Å². The van der Waals surface area contributed by atoms with E-state index < -0.39 is 23.8 Å². The maximum absolute atomic E-state index is 13.4. The minimum atomic E-state index is -1.04. The Morgan fingerprint density at radius 1 is 0.958 bits per heavy atom. The largest absolute Gasteiger partial charge is 0.368 e. The number of pyridine rings is 1. The van der Waals surface area contributed by atoms with Crippen molar-refractivity contribution in [1.82, 2.24) is 15.2 Å². The third kappa shape index (κ3) is 6.25. The molecule has 3 aliphatic rings. The van der Waals surface area contributed by atoms with Gasteiger partial charge in [-0.2, -0.15) is 5.26 Å². The number of amides is 3. The summed E-state index contributed by atoms with van der Waals surface area (Å²) in [5.74, 6) is -0.619. The molecule has 3 amide bonds. The summed E-state index contributed by atoms with van der Waals surface area (Å²) in [4.78, 5) is 64.8. The lowest BCUT2D eigenvalue weighted by atomic mass is 10.1. The average Bonchev–Trinajstić information content (AvgIpc) is 3.36. The molecule has 2 atom stereocenters. The van der Waals surface area contributed by atoms with Gasteiger partial charge in [-0.15, -0.1) is 0 Å². The molecule has 0 bridgehead atoms. The number of nitrogens with one attached hydrogen (secondary N) is 1. The Hall–Kier alpha value is -5.15. The minimum absolute atomic E-state index is 0.0614. The van der Waals surface area contributed by atoms with E-state index in [0.29, 0.717) is 30.0 Å². The highest BCUT2D eigenvalue weighted by Gasteiger charge is 2.42. The SMILES string of the molecule is CNC(=O)C(CCC=O)N1C(=O)c2ccc(N3CCN(c4ccc(N5CCN(c6ccc(C#N)c(Cl)c6)C(C)C5)cn4)CC3)cc2C1=O. The Labute approximate surface area is 284 Å². The number of halogens is 1. The molecule has 12 nitrogen and oxygen atoms in total. The zero-order valence-corrected chi connectivity index (χ0v) is 27.7. The van der Waals surface area contributed by atoms with E-state index in [1.165, 1.54) is 7.05 Å². The number of fused-ring (bicyclic) bond motifs is 1. The molecule has 2 unspecified atom stereocenters. The second-order valence-corrected chi connectivity index (χ2v) is 12.6. The van der Waals surface area contributed by atoms with E-state index in [1.54, 1.807) is 18.2 Å². The smallest absolute Gasteiger partial charge is 0.262 e. The molecule has 1 N–H and O–H groups in total. The maximum atomic E-state index is 13.4. The maximum Gasteiger partial charge on any atom is 0.262 e. The van der Waals surface area contributed by atoms with Crippen molar-refractivity contribution in [3.05, 3.63) is 76.4 Å². The Morgan fingerprint density at radius 2 is 1.65 bits per heavy atom. The second-order valence-electron chi connectivity index (χ2n) is 12.2. The van der Waals surface area contributed by atoms with Gasteiger partial charge in [-0.25, -0.2) is 4.98 Å². The lowest BCUT2D eigenvalue weighted by molar-refractivity contribution is -0.124. The van der Waals surface area contributed by atoms with Crippen LogP contribution in [0.25, 0.3) is 0 Å². The molecule has 0 radical (unpaired) electrons. The van der Waals surface area contributed by atoms with Crippen molar-refractivity contribution < 1.29 is 19.2 Å². The number of carbonyl (C=O) groups excluding carboxylic acids is 4. The quantitative estimate of drug-likeness (QED) is 0.267. The minimum Gasteiger partial charge on any atom is -0.368 e. The molecule has 13 heteroatoms. The molecule has 248 valence electrons. The molecule has 3 aliphatic heterocycles. The number of benzene rings is 2. The number of carbonyl (C=O) groups is 4. The molecule has 2 saturated heterocycles. The summed E-state index contributed by atoms with van der Waals surface area (Å²) in [7, 11) is 1.44. The summed E-state index contributed by atoms with van der Waals surface area (Å²) >= 11 is 6.29. The van der Waals surface area contributed by atoms with Gasteiger partial charge in [0.2, 0.25) is 5.91 Å². The molecule has 6 rings (SSSR count). The number of hydrogen-bond acceptors (Lipinski definition) is 10. The van der Waals surface area contributed by atoms with Crippen LogP contribution in [0.15, 0.2) is 54.7 Å². The molecule has 4 heterocycles. The normalized spacial score (nSPS) is 18.5.